The molecule has 17 heavy (non-hydrogen) atoms. The molecule has 0 atom stereocenters. The summed E-state index contributed by atoms with van der Waals surface area (Å²) in [5, 5.41) is 3.34. The van der Waals surface area contributed by atoms with Crippen LogP contribution < -0.4 is 11.1 Å². The van der Waals surface area contributed by atoms with Gasteiger partial charge in [-0.25, -0.2) is 0 Å². The largest absolute Gasteiger partial charge is 0.465 e. The maximum absolute atomic E-state index is 5.55. The summed E-state index contributed by atoms with van der Waals surface area (Å²) < 4.78 is 5.48. The minimum atomic E-state index is 0.597. The summed E-state index contributed by atoms with van der Waals surface area (Å²) in [6, 6.07) is 12.3. The van der Waals surface area contributed by atoms with Gasteiger partial charge in [-0.05, 0) is 30.2 Å². The van der Waals surface area contributed by atoms with Gasteiger partial charge >= 0.3 is 0 Å². The minimum Gasteiger partial charge on any atom is -0.465 e. The Hall–Kier alpha value is -1.58. The molecule has 3 N–H and O–H groups in total. The first-order valence-electron chi connectivity index (χ1n) is 5.82. The summed E-state index contributed by atoms with van der Waals surface area (Å²) in [5.41, 5.74) is 7.97. The standard InChI is InChI=1S/C14H18N2O/c1-11-2-7-14(17-11)10-16-9-13-5-3-12(8-15)4-6-13/h2-7,16H,8-10,15H2,1H3. The molecule has 0 fully saturated rings. The zero-order valence-electron chi connectivity index (χ0n) is 10.1. The van der Waals surface area contributed by atoms with Crippen LogP contribution in [-0.4, -0.2) is 0 Å². The molecule has 90 valence electrons. The topological polar surface area (TPSA) is 51.2 Å². The fraction of sp³-hybridized carbons (Fsp3) is 0.286. The molecule has 0 amide bonds. The van der Waals surface area contributed by atoms with Gasteiger partial charge in [0, 0.05) is 13.1 Å². The van der Waals surface area contributed by atoms with Crippen LogP contribution in [0.15, 0.2) is 40.8 Å². The molecular weight excluding hydrogens is 212 g/mol. The number of aryl methyl sites for hydroxylation is 1. The highest BCUT2D eigenvalue weighted by atomic mass is 16.3. The fourth-order valence-corrected chi connectivity index (χ4v) is 1.70. The van der Waals surface area contributed by atoms with E-state index in [1.807, 2.05) is 19.1 Å². The lowest BCUT2D eigenvalue weighted by molar-refractivity contribution is 0.461. The molecule has 1 aromatic heterocycles. The van der Waals surface area contributed by atoms with Crippen LogP contribution >= 0.6 is 0 Å². The van der Waals surface area contributed by atoms with Gasteiger partial charge < -0.3 is 15.5 Å². The van der Waals surface area contributed by atoms with Crippen molar-refractivity contribution < 1.29 is 4.42 Å². The lowest BCUT2D eigenvalue weighted by atomic mass is 10.1. The lowest BCUT2D eigenvalue weighted by Crippen LogP contribution is -2.12. The number of furan rings is 1. The van der Waals surface area contributed by atoms with Gasteiger partial charge in [0.25, 0.3) is 0 Å². The van der Waals surface area contributed by atoms with E-state index in [1.165, 1.54) is 5.56 Å². The van der Waals surface area contributed by atoms with E-state index in [1.54, 1.807) is 0 Å². The molecule has 1 aromatic carbocycles. The Bertz CT molecular complexity index is 459. The van der Waals surface area contributed by atoms with Gasteiger partial charge in [0.1, 0.15) is 11.5 Å². The molecular formula is C14H18N2O. The summed E-state index contributed by atoms with van der Waals surface area (Å²) in [6.45, 7) is 4.14. The van der Waals surface area contributed by atoms with Gasteiger partial charge in [-0.3, -0.25) is 0 Å². The summed E-state index contributed by atoms with van der Waals surface area (Å²) in [6.07, 6.45) is 0. The molecule has 3 nitrogen and oxygen atoms in total. The van der Waals surface area contributed by atoms with Crippen LogP contribution in [0.2, 0.25) is 0 Å². The third-order valence-corrected chi connectivity index (χ3v) is 2.68. The Morgan fingerprint density at radius 1 is 1.00 bits per heavy atom. The van der Waals surface area contributed by atoms with E-state index in [9.17, 15) is 0 Å². The number of nitrogens with one attached hydrogen (secondary N) is 1. The molecule has 2 rings (SSSR count). The Labute approximate surface area is 102 Å². The molecule has 0 radical (unpaired) electrons. The second-order valence-corrected chi connectivity index (χ2v) is 4.14. The van der Waals surface area contributed by atoms with Gasteiger partial charge in [0.2, 0.25) is 0 Å². The first kappa shape index (κ1) is 11.9. The van der Waals surface area contributed by atoms with Crippen molar-refractivity contribution in [2.24, 2.45) is 5.73 Å². The lowest BCUT2D eigenvalue weighted by Gasteiger charge is -2.04. The average molecular weight is 230 g/mol. The quantitative estimate of drug-likeness (QED) is 0.829. The zero-order chi connectivity index (χ0) is 12.1. The van der Waals surface area contributed by atoms with E-state index in [4.69, 9.17) is 10.2 Å². The highest BCUT2D eigenvalue weighted by Gasteiger charge is 1.98. The average Bonchev–Trinajstić information content (AvgIpc) is 2.76. The van der Waals surface area contributed by atoms with Gasteiger partial charge in [-0.2, -0.15) is 0 Å². The van der Waals surface area contributed by atoms with E-state index in [2.05, 4.69) is 29.6 Å². The highest BCUT2D eigenvalue weighted by Crippen LogP contribution is 2.07. The Morgan fingerprint density at radius 3 is 2.29 bits per heavy atom. The van der Waals surface area contributed by atoms with Crippen molar-refractivity contribution in [3.05, 3.63) is 59.0 Å². The predicted octanol–water partition coefficient (Wildman–Crippen LogP) is 2.34. The van der Waals surface area contributed by atoms with Crippen LogP contribution in [0, 0.1) is 6.92 Å². The molecule has 0 spiro atoms. The van der Waals surface area contributed by atoms with Crippen molar-refractivity contribution >= 4 is 0 Å². The molecule has 2 aromatic rings. The Morgan fingerprint density at radius 2 is 1.71 bits per heavy atom. The molecule has 0 saturated carbocycles. The molecule has 0 aliphatic heterocycles. The van der Waals surface area contributed by atoms with E-state index < -0.39 is 0 Å². The van der Waals surface area contributed by atoms with Crippen LogP contribution in [0.4, 0.5) is 0 Å². The molecule has 0 unspecified atom stereocenters. The van der Waals surface area contributed by atoms with Crippen LogP contribution in [0.5, 0.6) is 0 Å². The zero-order valence-corrected chi connectivity index (χ0v) is 10.1. The number of rotatable bonds is 5. The normalized spacial score (nSPS) is 10.7. The monoisotopic (exact) mass is 230 g/mol. The van der Waals surface area contributed by atoms with Gasteiger partial charge in [-0.1, -0.05) is 24.3 Å². The van der Waals surface area contributed by atoms with E-state index in [0.717, 1.165) is 30.2 Å². The molecule has 0 aliphatic rings. The molecule has 1 heterocycles. The van der Waals surface area contributed by atoms with Crippen LogP contribution in [0.3, 0.4) is 0 Å². The Kier molecular flexibility index (Phi) is 3.96. The van der Waals surface area contributed by atoms with Crippen molar-refractivity contribution in [2.45, 2.75) is 26.6 Å². The van der Waals surface area contributed by atoms with Crippen molar-refractivity contribution in [3.8, 4) is 0 Å². The highest BCUT2D eigenvalue weighted by molar-refractivity contribution is 5.22. The SMILES string of the molecule is Cc1ccc(CNCc2ccc(CN)cc2)o1. The van der Waals surface area contributed by atoms with Crippen molar-refractivity contribution in [1.29, 1.82) is 0 Å². The minimum absolute atomic E-state index is 0.597. The second kappa shape index (κ2) is 5.66. The summed E-state index contributed by atoms with van der Waals surface area (Å²) in [7, 11) is 0. The molecule has 3 heteroatoms. The third-order valence-electron chi connectivity index (χ3n) is 2.68. The van der Waals surface area contributed by atoms with E-state index >= 15 is 0 Å². The van der Waals surface area contributed by atoms with Crippen LogP contribution in [-0.2, 0) is 19.6 Å². The summed E-state index contributed by atoms with van der Waals surface area (Å²) in [5.74, 6) is 1.93. The second-order valence-electron chi connectivity index (χ2n) is 4.14. The van der Waals surface area contributed by atoms with E-state index in [-0.39, 0.29) is 0 Å². The molecule has 0 bridgehead atoms. The van der Waals surface area contributed by atoms with Crippen molar-refractivity contribution in [1.82, 2.24) is 5.32 Å². The van der Waals surface area contributed by atoms with Gasteiger partial charge in [0.15, 0.2) is 0 Å². The van der Waals surface area contributed by atoms with Crippen LogP contribution in [0.25, 0.3) is 0 Å². The summed E-state index contributed by atoms with van der Waals surface area (Å²) in [4.78, 5) is 0. The first-order chi connectivity index (χ1) is 8.28. The van der Waals surface area contributed by atoms with Crippen LogP contribution in [0.1, 0.15) is 22.6 Å². The predicted molar refractivity (Wildman–Crippen MR) is 68.3 cm³/mol. The van der Waals surface area contributed by atoms with E-state index in [0.29, 0.717) is 6.54 Å². The first-order valence-corrected chi connectivity index (χ1v) is 5.82. The Balaban J connectivity index is 1.81. The maximum Gasteiger partial charge on any atom is 0.117 e. The fourth-order valence-electron chi connectivity index (χ4n) is 1.70. The van der Waals surface area contributed by atoms with Crippen molar-refractivity contribution in [2.75, 3.05) is 0 Å². The smallest absolute Gasteiger partial charge is 0.117 e. The van der Waals surface area contributed by atoms with Gasteiger partial charge in [-0.15, -0.1) is 0 Å². The van der Waals surface area contributed by atoms with Crippen molar-refractivity contribution in [3.63, 3.8) is 0 Å². The number of nitrogens with two attached hydrogens (primary N) is 1. The molecule has 0 saturated heterocycles. The third kappa shape index (κ3) is 3.44. The number of hydrogen-bond donors (Lipinski definition) is 2. The molecule has 0 aliphatic carbocycles. The number of hydrogen-bond acceptors (Lipinski definition) is 3. The van der Waals surface area contributed by atoms with Gasteiger partial charge in [0.05, 0.1) is 6.54 Å². The summed E-state index contributed by atoms with van der Waals surface area (Å²) >= 11 is 0. The number of benzene rings is 1. The maximum atomic E-state index is 5.55.